The summed E-state index contributed by atoms with van der Waals surface area (Å²) in [5.74, 6) is -0.482. The SMILES string of the molecule is COCCNC(=O)c1cnc2c(c1)N(S(=O)(=O)c1ccc(C(F)(F)F)cc1)CCO2. The fraction of sp³-hybridized carbons (Fsp3) is 0.333. The third-order valence-electron chi connectivity index (χ3n) is 4.26. The van der Waals surface area contributed by atoms with Crippen molar-refractivity contribution in [3.8, 4) is 5.88 Å². The van der Waals surface area contributed by atoms with Crippen LogP contribution in [0.2, 0.25) is 0 Å². The van der Waals surface area contributed by atoms with Gasteiger partial charge in [0.1, 0.15) is 12.3 Å². The molecule has 8 nitrogen and oxygen atoms in total. The van der Waals surface area contributed by atoms with Crippen LogP contribution in [0.4, 0.5) is 18.9 Å². The van der Waals surface area contributed by atoms with E-state index < -0.39 is 27.7 Å². The van der Waals surface area contributed by atoms with Gasteiger partial charge in [-0.3, -0.25) is 9.10 Å². The van der Waals surface area contributed by atoms with E-state index in [1.807, 2.05) is 0 Å². The molecule has 0 bridgehead atoms. The summed E-state index contributed by atoms with van der Waals surface area (Å²) in [7, 11) is -2.73. The van der Waals surface area contributed by atoms with Crippen LogP contribution in [-0.4, -0.2) is 52.7 Å². The Kier molecular flexibility index (Phi) is 6.17. The van der Waals surface area contributed by atoms with E-state index in [9.17, 15) is 26.4 Å². The van der Waals surface area contributed by atoms with E-state index in [-0.39, 0.29) is 41.7 Å². The predicted molar refractivity (Wildman–Crippen MR) is 99.9 cm³/mol. The number of carbonyl (C=O) groups is 1. The number of carbonyl (C=O) groups excluding carboxylic acids is 1. The van der Waals surface area contributed by atoms with Gasteiger partial charge in [-0.05, 0) is 30.3 Å². The Morgan fingerprint density at radius 3 is 2.63 bits per heavy atom. The van der Waals surface area contributed by atoms with Gasteiger partial charge in [0.15, 0.2) is 0 Å². The third-order valence-corrected chi connectivity index (χ3v) is 6.09. The van der Waals surface area contributed by atoms with E-state index in [4.69, 9.17) is 9.47 Å². The number of aromatic nitrogens is 1. The average Bonchev–Trinajstić information content (AvgIpc) is 2.72. The molecule has 0 unspecified atom stereocenters. The minimum atomic E-state index is -4.58. The first-order chi connectivity index (χ1) is 14.1. The molecule has 30 heavy (non-hydrogen) atoms. The van der Waals surface area contributed by atoms with Gasteiger partial charge in [0, 0.05) is 19.9 Å². The van der Waals surface area contributed by atoms with E-state index in [0.29, 0.717) is 18.7 Å². The number of anilines is 1. The van der Waals surface area contributed by atoms with Crippen LogP contribution in [0.1, 0.15) is 15.9 Å². The molecule has 1 aromatic carbocycles. The first-order valence-electron chi connectivity index (χ1n) is 8.74. The standard InChI is InChI=1S/C18H18F3N3O5S/c1-28-8-6-22-16(25)12-10-15-17(23-11-12)29-9-7-24(15)30(26,27)14-4-2-13(3-5-14)18(19,20)21/h2-5,10-11H,6-9H2,1H3,(H,22,25). The summed E-state index contributed by atoms with van der Waals surface area (Å²) in [5.41, 5.74) is -0.830. The zero-order valence-electron chi connectivity index (χ0n) is 15.8. The van der Waals surface area contributed by atoms with E-state index in [2.05, 4.69) is 10.3 Å². The highest BCUT2D eigenvalue weighted by atomic mass is 32.2. The number of ether oxygens (including phenoxy) is 2. The number of methoxy groups -OCH3 is 1. The molecule has 0 saturated heterocycles. The number of halogens is 3. The number of nitrogens with zero attached hydrogens (tertiary/aromatic N) is 2. The molecule has 1 aliphatic rings. The third kappa shape index (κ3) is 4.49. The Hall–Kier alpha value is -2.86. The number of sulfonamides is 1. The maximum Gasteiger partial charge on any atom is 0.416 e. The van der Waals surface area contributed by atoms with Crippen LogP contribution in [0, 0.1) is 0 Å². The number of hydrogen-bond donors (Lipinski definition) is 1. The Morgan fingerprint density at radius 2 is 2.00 bits per heavy atom. The van der Waals surface area contributed by atoms with Crippen LogP contribution < -0.4 is 14.4 Å². The number of fused-ring (bicyclic) bond motifs is 1. The maximum atomic E-state index is 13.0. The molecule has 0 radical (unpaired) electrons. The van der Waals surface area contributed by atoms with Crippen molar-refractivity contribution in [2.24, 2.45) is 0 Å². The van der Waals surface area contributed by atoms with Gasteiger partial charge in [-0.1, -0.05) is 0 Å². The number of benzene rings is 1. The second-order valence-electron chi connectivity index (χ2n) is 6.24. The minimum Gasteiger partial charge on any atom is -0.474 e. The van der Waals surface area contributed by atoms with Crippen molar-refractivity contribution < 1.29 is 35.9 Å². The zero-order chi connectivity index (χ0) is 21.9. The summed E-state index contributed by atoms with van der Waals surface area (Å²) in [4.78, 5) is 15.9. The fourth-order valence-electron chi connectivity index (χ4n) is 2.76. The molecule has 2 aromatic rings. The maximum absolute atomic E-state index is 13.0. The van der Waals surface area contributed by atoms with Crippen molar-refractivity contribution in [1.29, 1.82) is 0 Å². The van der Waals surface area contributed by atoms with Gasteiger partial charge in [-0.25, -0.2) is 13.4 Å². The van der Waals surface area contributed by atoms with Gasteiger partial charge in [-0.2, -0.15) is 13.2 Å². The molecular weight excluding hydrogens is 427 g/mol. The predicted octanol–water partition coefficient (Wildman–Crippen LogP) is 2.06. The molecule has 2 heterocycles. The highest BCUT2D eigenvalue weighted by Gasteiger charge is 2.34. The Labute approximate surface area is 170 Å². The van der Waals surface area contributed by atoms with Crippen molar-refractivity contribution in [3.63, 3.8) is 0 Å². The van der Waals surface area contributed by atoms with Crippen LogP contribution in [-0.2, 0) is 20.9 Å². The van der Waals surface area contributed by atoms with E-state index in [1.54, 1.807) is 0 Å². The van der Waals surface area contributed by atoms with Crippen LogP contribution in [0.5, 0.6) is 5.88 Å². The summed E-state index contributed by atoms with van der Waals surface area (Å²) < 4.78 is 75.6. The average molecular weight is 445 g/mol. The summed E-state index contributed by atoms with van der Waals surface area (Å²) in [6.45, 7) is 0.449. The molecule has 0 fully saturated rings. The summed E-state index contributed by atoms with van der Waals surface area (Å²) in [5, 5.41) is 2.59. The molecule has 1 amide bonds. The lowest BCUT2D eigenvalue weighted by Crippen LogP contribution is -2.38. The van der Waals surface area contributed by atoms with E-state index >= 15 is 0 Å². The quantitative estimate of drug-likeness (QED) is 0.684. The number of hydrogen-bond acceptors (Lipinski definition) is 6. The van der Waals surface area contributed by atoms with Crippen molar-refractivity contribution in [1.82, 2.24) is 10.3 Å². The first kappa shape index (κ1) is 21.8. The van der Waals surface area contributed by atoms with E-state index in [1.165, 1.54) is 19.4 Å². The monoisotopic (exact) mass is 445 g/mol. The van der Waals surface area contributed by atoms with Crippen molar-refractivity contribution in [2.45, 2.75) is 11.1 Å². The van der Waals surface area contributed by atoms with Crippen LogP contribution in [0.3, 0.4) is 0 Å². The van der Waals surface area contributed by atoms with E-state index in [0.717, 1.165) is 16.4 Å². The second-order valence-corrected chi connectivity index (χ2v) is 8.11. The minimum absolute atomic E-state index is 0.000747. The van der Waals surface area contributed by atoms with Gasteiger partial charge < -0.3 is 14.8 Å². The molecular formula is C18H18F3N3O5S. The Balaban J connectivity index is 1.92. The van der Waals surface area contributed by atoms with Crippen LogP contribution in [0.15, 0.2) is 41.4 Å². The molecule has 3 rings (SSSR count). The van der Waals surface area contributed by atoms with Crippen LogP contribution in [0.25, 0.3) is 0 Å². The Morgan fingerprint density at radius 1 is 1.30 bits per heavy atom. The number of pyridine rings is 1. The first-order valence-corrected chi connectivity index (χ1v) is 10.2. The van der Waals surface area contributed by atoms with Crippen LogP contribution >= 0.6 is 0 Å². The molecule has 0 spiro atoms. The topological polar surface area (TPSA) is 97.8 Å². The number of amides is 1. The fourth-order valence-corrected chi connectivity index (χ4v) is 4.20. The molecule has 12 heteroatoms. The normalized spacial score (nSPS) is 14.1. The largest absolute Gasteiger partial charge is 0.474 e. The number of alkyl halides is 3. The molecule has 0 aliphatic carbocycles. The van der Waals surface area contributed by atoms with Gasteiger partial charge in [0.25, 0.3) is 15.9 Å². The molecule has 0 atom stereocenters. The number of nitrogens with one attached hydrogen (secondary N) is 1. The van der Waals surface area contributed by atoms with Gasteiger partial charge in [0.05, 0.1) is 29.2 Å². The Bertz CT molecular complexity index is 1030. The zero-order valence-corrected chi connectivity index (χ0v) is 16.6. The lowest BCUT2D eigenvalue weighted by molar-refractivity contribution is -0.137. The number of rotatable bonds is 6. The summed E-state index contributed by atoms with van der Waals surface area (Å²) in [6.07, 6.45) is -3.34. The van der Waals surface area contributed by atoms with Gasteiger partial charge in [0.2, 0.25) is 5.88 Å². The van der Waals surface area contributed by atoms with Crippen molar-refractivity contribution in [3.05, 3.63) is 47.7 Å². The molecule has 0 saturated carbocycles. The molecule has 162 valence electrons. The smallest absolute Gasteiger partial charge is 0.416 e. The summed E-state index contributed by atoms with van der Waals surface area (Å²) in [6, 6.07) is 4.49. The van der Waals surface area contributed by atoms with Crippen molar-refractivity contribution in [2.75, 3.05) is 37.7 Å². The molecule has 1 N–H and O–H groups in total. The van der Waals surface area contributed by atoms with Crippen molar-refractivity contribution >= 4 is 21.6 Å². The highest BCUT2D eigenvalue weighted by Crippen LogP contribution is 2.35. The molecule has 1 aromatic heterocycles. The van der Waals surface area contributed by atoms with Gasteiger partial charge in [-0.15, -0.1) is 0 Å². The second kappa shape index (κ2) is 8.48. The summed E-state index contributed by atoms with van der Waals surface area (Å²) >= 11 is 0. The van der Waals surface area contributed by atoms with Gasteiger partial charge >= 0.3 is 6.18 Å². The lowest BCUT2D eigenvalue weighted by atomic mass is 10.2. The highest BCUT2D eigenvalue weighted by molar-refractivity contribution is 7.92. The lowest BCUT2D eigenvalue weighted by Gasteiger charge is -2.30. The molecule has 1 aliphatic heterocycles.